The number of halogens is 3. The number of aryl methyl sites for hydroxylation is 1. The van der Waals surface area contributed by atoms with E-state index in [1.807, 2.05) is 19.1 Å². The second-order valence-corrected chi connectivity index (χ2v) is 6.60. The summed E-state index contributed by atoms with van der Waals surface area (Å²) in [7, 11) is 0. The number of nitrogens with one attached hydrogen (secondary N) is 1. The zero-order chi connectivity index (χ0) is 16.9. The highest BCUT2D eigenvalue weighted by Crippen LogP contribution is 2.52. The van der Waals surface area contributed by atoms with Crippen molar-refractivity contribution in [3.05, 3.63) is 76.9 Å². The molecule has 3 atom stereocenters. The zero-order valence-electron chi connectivity index (χ0n) is 13.3. The molecule has 2 aliphatic rings. The largest absolute Gasteiger partial charge is 0.416 e. The molecule has 0 amide bonds. The predicted molar refractivity (Wildman–Crippen MR) is 89.0 cm³/mol. The van der Waals surface area contributed by atoms with Crippen molar-refractivity contribution in [2.24, 2.45) is 5.92 Å². The van der Waals surface area contributed by atoms with E-state index in [1.165, 1.54) is 17.7 Å². The van der Waals surface area contributed by atoms with Crippen LogP contribution in [0.4, 0.5) is 18.9 Å². The van der Waals surface area contributed by atoms with Crippen molar-refractivity contribution in [3.63, 3.8) is 0 Å². The summed E-state index contributed by atoms with van der Waals surface area (Å²) in [6.07, 6.45) is 0.693. The SMILES string of the molecule is Cc1cccc2c1N[C@H](c1ccccc1C(F)(F)F)[C@@H]1CC=C[C@@H]21. The van der Waals surface area contributed by atoms with Crippen LogP contribution in [-0.4, -0.2) is 0 Å². The highest BCUT2D eigenvalue weighted by molar-refractivity contribution is 5.64. The van der Waals surface area contributed by atoms with Gasteiger partial charge in [-0.05, 0) is 42.0 Å². The van der Waals surface area contributed by atoms with Gasteiger partial charge in [0.15, 0.2) is 0 Å². The van der Waals surface area contributed by atoms with E-state index in [0.29, 0.717) is 5.56 Å². The average molecular weight is 329 g/mol. The van der Waals surface area contributed by atoms with E-state index in [-0.39, 0.29) is 17.9 Å². The van der Waals surface area contributed by atoms with Crippen molar-refractivity contribution in [3.8, 4) is 0 Å². The molecule has 0 bridgehead atoms. The molecular formula is C20H18F3N. The number of para-hydroxylation sites is 1. The molecule has 0 spiro atoms. The van der Waals surface area contributed by atoms with Gasteiger partial charge >= 0.3 is 6.18 Å². The third-order valence-electron chi connectivity index (χ3n) is 5.21. The molecule has 0 saturated carbocycles. The van der Waals surface area contributed by atoms with E-state index >= 15 is 0 Å². The third-order valence-corrected chi connectivity index (χ3v) is 5.21. The Balaban J connectivity index is 1.85. The Morgan fingerprint density at radius 2 is 1.75 bits per heavy atom. The van der Waals surface area contributed by atoms with Crippen molar-refractivity contribution >= 4 is 5.69 Å². The topological polar surface area (TPSA) is 12.0 Å². The number of hydrogen-bond donors (Lipinski definition) is 1. The van der Waals surface area contributed by atoms with Crippen LogP contribution in [0.2, 0.25) is 0 Å². The number of hydrogen-bond acceptors (Lipinski definition) is 1. The summed E-state index contributed by atoms with van der Waals surface area (Å²) < 4.78 is 40.4. The van der Waals surface area contributed by atoms with Crippen LogP contribution < -0.4 is 5.32 Å². The first-order valence-electron chi connectivity index (χ1n) is 8.15. The van der Waals surface area contributed by atoms with Crippen LogP contribution in [0.1, 0.15) is 40.6 Å². The minimum Gasteiger partial charge on any atom is -0.377 e. The molecule has 1 N–H and O–H groups in total. The van der Waals surface area contributed by atoms with Gasteiger partial charge in [0.25, 0.3) is 0 Å². The van der Waals surface area contributed by atoms with Crippen molar-refractivity contribution in [2.45, 2.75) is 31.5 Å². The van der Waals surface area contributed by atoms with Gasteiger partial charge in [0.1, 0.15) is 0 Å². The molecule has 0 unspecified atom stereocenters. The maximum Gasteiger partial charge on any atom is 0.416 e. The Kier molecular flexibility index (Phi) is 3.44. The van der Waals surface area contributed by atoms with E-state index in [1.54, 1.807) is 12.1 Å². The normalized spacial score (nSPS) is 25.1. The second-order valence-electron chi connectivity index (χ2n) is 6.60. The molecule has 0 saturated heterocycles. The standard InChI is InChI=1S/C20H18F3N/c1-12-6-4-9-14-13-8-5-10-15(13)19(24-18(12)14)16-7-2-3-11-17(16)20(21,22)23/h2-9,11,13,15,19,24H,10H2,1H3/t13-,15+,19-/m0/s1. The van der Waals surface area contributed by atoms with E-state index in [9.17, 15) is 13.2 Å². The number of fused-ring (bicyclic) bond motifs is 3. The van der Waals surface area contributed by atoms with Gasteiger partial charge in [-0.15, -0.1) is 0 Å². The molecule has 4 heteroatoms. The Labute approximate surface area is 139 Å². The van der Waals surface area contributed by atoms with Crippen LogP contribution >= 0.6 is 0 Å². The van der Waals surface area contributed by atoms with Crippen LogP contribution in [0, 0.1) is 12.8 Å². The molecular weight excluding hydrogens is 311 g/mol. The molecule has 1 aliphatic carbocycles. The summed E-state index contributed by atoms with van der Waals surface area (Å²) in [5.74, 6) is 0.287. The number of benzene rings is 2. The molecule has 1 aliphatic heterocycles. The quantitative estimate of drug-likeness (QED) is 0.648. The Morgan fingerprint density at radius 1 is 1.00 bits per heavy atom. The molecule has 124 valence electrons. The lowest BCUT2D eigenvalue weighted by molar-refractivity contribution is -0.138. The van der Waals surface area contributed by atoms with Crippen molar-refractivity contribution < 1.29 is 13.2 Å². The second kappa shape index (κ2) is 5.40. The third kappa shape index (κ3) is 2.32. The van der Waals surface area contributed by atoms with Gasteiger partial charge < -0.3 is 5.32 Å². The lowest BCUT2D eigenvalue weighted by Crippen LogP contribution is -2.31. The fourth-order valence-electron chi connectivity index (χ4n) is 4.11. The number of allylic oxidation sites excluding steroid dienone is 2. The number of alkyl halides is 3. The fraction of sp³-hybridized carbons (Fsp3) is 0.300. The van der Waals surface area contributed by atoms with Crippen LogP contribution in [-0.2, 0) is 6.18 Å². The van der Waals surface area contributed by atoms with Gasteiger partial charge in [-0.3, -0.25) is 0 Å². The molecule has 0 radical (unpaired) electrons. The number of rotatable bonds is 1. The van der Waals surface area contributed by atoms with Gasteiger partial charge in [-0.25, -0.2) is 0 Å². The summed E-state index contributed by atoms with van der Waals surface area (Å²) in [5, 5.41) is 3.43. The zero-order valence-corrected chi connectivity index (χ0v) is 13.3. The van der Waals surface area contributed by atoms with Crippen LogP contribution in [0.3, 0.4) is 0 Å². The maximum atomic E-state index is 13.5. The Morgan fingerprint density at radius 3 is 2.54 bits per heavy atom. The highest BCUT2D eigenvalue weighted by atomic mass is 19.4. The lowest BCUT2D eigenvalue weighted by atomic mass is 9.75. The summed E-state index contributed by atoms with van der Waals surface area (Å²) in [6, 6.07) is 11.7. The van der Waals surface area contributed by atoms with Crippen LogP contribution in [0.15, 0.2) is 54.6 Å². The van der Waals surface area contributed by atoms with Gasteiger partial charge in [-0.1, -0.05) is 48.6 Å². The van der Waals surface area contributed by atoms with Gasteiger partial charge in [-0.2, -0.15) is 13.2 Å². The Hall–Kier alpha value is -2.23. The van der Waals surface area contributed by atoms with E-state index in [2.05, 4.69) is 23.5 Å². The molecule has 0 fully saturated rings. The Bertz CT molecular complexity index is 807. The van der Waals surface area contributed by atoms with Crippen molar-refractivity contribution in [2.75, 3.05) is 5.32 Å². The fourth-order valence-corrected chi connectivity index (χ4v) is 4.11. The first kappa shape index (κ1) is 15.3. The van der Waals surface area contributed by atoms with Crippen LogP contribution in [0.25, 0.3) is 0 Å². The van der Waals surface area contributed by atoms with Gasteiger partial charge in [0.2, 0.25) is 0 Å². The van der Waals surface area contributed by atoms with Gasteiger partial charge in [0, 0.05) is 11.6 Å². The molecule has 24 heavy (non-hydrogen) atoms. The van der Waals surface area contributed by atoms with E-state index < -0.39 is 11.7 Å². The summed E-state index contributed by atoms with van der Waals surface area (Å²) in [6.45, 7) is 2.00. The molecule has 0 aromatic heterocycles. The smallest absolute Gasteiger partial charge is 0.377 e. The van der Waals surface area contributed by atoms with Crippen molar-refractivity contribution in [1.82, 2.24) is 0 Å². The van der Waals surface area contributed by atoms with Crippen molar-refractivity contribution in [1.29, 1.82) is 0 Å². The molecule has 1 heterocycles. The molecule has 2 aromatic rings. The first-order valence-corrected chi connectivity index (χ1v) is 8.15. The summed E-state index contributed by atoms with van der Waals surface area (Å²) in [4.78, 5) is 0. The minimum absolute atomic E-state index is 0.114. The van der Waals surface area contributed by atoms with Gasteiger partial charge in [0.05, 0.1) is 11.6 Å². The summed E-state index contributed by atoms with van der Waals surface area (Å²) in [5.41, 5.74) is 3.05. The van der Waals surface area contributed by atoms with E-state index in [4.69, 9.17) is 0 Å². The van der Waals surface area contributed by atoms with E-state index in [0.717, 1.165) is 17.7 Å². The maximum absolute atomic E-state index is 13.5. The monoisotopic (exact) mass is 329 g/mol. The van der Waals surface area contributed by atoms with Crippen LogP contribution in [0.5, 0.6) is 0 Å². The highest BCUT2D eigenvalue weighted by Gasteiger charge is 2.42. The molecule has 4 rings (SSSR count). The molecule has 2 aromatic carbocycles. The summed E-state index contributed by atoms with van der Waals surface area (Å²) >= 11 is 0. The average Bonchev–Trinajstić information content (AvgIpc) is 3.04. The predicted octanol–water partition coefficient (Wildman–Crippen LogP) is 5.84. The molecule has 1 nitrogen and oxygen atoms in total. The first-order chi connectivity index (χ1) is 11.5. The number of anilines is 1. The minimum atomic E-state index is -4.34. The lowest BCUT2D eigenvalue weighted by Gasteiger charge is -2.39.